The maximum atomic E-state index is 12.8. The van der Waals surface area contributed by atoms with Gasteiger partial charge in [0.15, 0.2) is 0 Å². The van der Waals surface area contributed by atoms with Gasteiger partial charge in [0.05, 0.1) is 17.4 Å². The van der Waals surface area contributed by atoms with E-state index in [0.29, 0.717) is 4.60 Å². The van der Waals surface area contributed by atoms with E-state index in [4.69, 9.17) is 5.73 Å². The molecule has 1 aromatic heterocycles. The number of aromatic nitrogens is 2. The zero-order valence-electron chi connectivity index (χ0n) is 8.37. The summed E-state index contributed by atoms with van der Waals surface area (Å²) in [7, 11) is 0. The van der Waals surface area contributed by atoms with Gasteiger partial charge in [-0.15, -0.1) is 0 Å². The van der Waals surface area contributed by atoms with Crippen LogP contribution in [0.15, 0.2) is 35.1 Å². The van der Waals surface area contributed by atoms with Crippen molar-refractivity contribution in [1.29, 1.82) is 0 Å². The molecule has 0 amide bonds. The molecule has 3 nitrogen and oxygen atoms in total. The molecule has 0 saturated carbocycles. The fraction of sp³-hybridized carbons (Fsp3) is 0.100. The first-order chi connectivity index (χ1) is 7.91. The standard InChI is InChI=1S/C10H7BrF3N3/c11-8-5-16-9(15)17(8)7-4-2-1-3-6(7)10(12,13)14/h1-5H,(H2,15,16). The minimum atomic E-state index is -4.44. The van der Waals surface area contributed by atoms with Crippen molar-refractivity contribution in [2.75, 3.05) is 5.73 Å². The molecule has 0 fully saturated rings. The van der Waals surface area contributed by atoms with E-state index in [0.717, 1.165) is 6.07 Å². The van der Waals surface area contributed by atoms with Gasteiger partial charge in [-0.3, -0.25) is 4.57 Å². The maximum Gasteiger partial charge on any atom is 0.418 e. The summed E-state index contributed by atoms with van der Waals surface area (Å²) in [6, 6.07) is 5.18. The Morgan fingerprint density at radius 3 is 2.41 bits per heavy atom. The molecule has 0 radical (unpaired) electrons. The molecule has 0 atom stereocenters. The van der Waals surface area contributed by atoms with Gasteiger partial charge >= 0.3 is 6.18 Å². The number of anilines is 1. The fourth-order valence-electron chi connectivity index (χ4n) is 1.49. The van der Waals surface area contributed by atoms with Crippen LogP contribution in [0.3, 0.4) is 0 Å². The van der Waals surface area contributed by atoms with E-state index in [9.17, 15) is 13.2 Å². The molecule has 2 rings (SSSR count). The van der Waals surface area contributed by atoms with E-state index in [1.807, 2.05) is 0 Å². The highest BCUT2D eigenvalue weighted by molar-refractivity contribution is 9.10. The van der Waals surface area contributed by atoms with Crippen LogP contribution in [0.5, 0.6) is 0 Å². The molecule has 0 saturated heterocycles. The lowest BCUT2D eigenvalue weighted by Crippen LogP contribution is -2.12. The highest BCUT2D eigenvalue weighted by Gasteiger charge is 2.34. The summed E-state index contributed by atoms with van der Waals surface area (Å²) in [5.74, 6) is -0.00595. The first-order valence-electron chi connectivity index (χ1n) is 4.56. The van der Waals surface area contributed by atoms with Gasteiger partial charge in [0, 0.05) is 0 Å². The van der Waals surface area contributed by atoms with Crippen molar-refractivity contribution in [3.8, 4) is 5.69 Å². The number of nitrogens with two attached hydrogens (primary N) is 1. The van der Waals surface area contributed by atoms with Gasteiger partial charge in [0.25, 0.3) is 0 Å². The van der Waals surface area contributed by atoms with Crippen molar-refractivity contribution in [2.45, 2.75) is 6.18 Å². The monoisotopic (exact) mass is 305 g/mol. The van der Waals surface area contributed by atoms with Crippen LogP contribution in [-0.4, -0.2) is 9.55 Å². The molecule has 0 aliphatic rings. The van der Waals surface area contributed by atoms with Gasteiger partial charge in [-0.1, -0.05) is 12.1 Å². The van der Waals surface area contributed by atoms with Gasteiger partial charge < -0.3 is 5.73 Å². The predicted octanol–water partition coefficient (Wildman–Crippen LogP) is 3.24. The third-order valence-corrected chi connectivity index (χ3v) is 2.76. The van der Waals surface area contributed by atoms with Crippen LogP contribution in [-0.2, 0) is 6.18 Å². The lowest BCUT2D eigenvalue weighted by Gasteiger charge is -2.14. The Morgan fingerprint density at radius 1 is 1.24 bits per heavy atom. The molecule has 0 aliphatic carbocycles. The Hall–Kier alpha value is -1.50. The summed E-state index contributed by atoms with van der Waals surface area (Å²) >= 11 is 3.11. The Bertz CT molecular complexity index is 528. The van der Waals surface area contributed by atoms with Crippen LogP contribution in [0.4, 0.5) is 19.1 Å². The molecule has 7 heteroatoms. The molecule has 17 heavy (non-hydrogen) atoms. The molecule has 90 valence electrons. The van der Waals surface area contributed by atoms with Crippen molar-refractivity contribution >= 4 is 21.9 Å². The highest BCUT2D eigenvalue weighted by Crippen LogP contribution is 2.35. The second-order valence-electron chi connectivity index (χ2n) is 3.29. The average molecular weight is 306 g/mol. The Morgan fingerprint density at radius 2 is 1.88 bits per heavy atom. The van der Waals surface area contributed by atoms with E-state index >= 15 is 0 Å². The van der Waals surface area contributed by atoms with Gasteiger partial charge in [0.1, 0.15) is 4.60 Å². The Balaban J connectivity index is 2.69. The van der Waals surface area contributed by atoms with E-state index in [2.05, 4.69) is 20.9 Å². The first-order valence-corrected chi connectivity index (χ1v) is 5.36. The van der Waals surface area contributed by atoms with Crippen molar-refractivity contribution in [3.63, 3.8) is 0 Å². The van der Waals surface area contributed by atoms with Crippen molar-refractivity contribution in [3.05, 3.63) is 40.6 Å². The molecular weight excluding hydrogens is 299 g/mol. The van der Waals surface area contributed by atoms with Crippen LogP contribution in [0.2, 0.25) is 0 Å². The Labute approximate surface area is 103 Å². The molecule has 2 N–H and O–H groups in total. The third-order valence-electron chi connectivity index (χ3n) is 2.20. The van der Waals surface area contributed by atoms with Gasteiger partial charge in [0.2, 0.25) is 5.95 Å². The molecule has 2 aromatic rings. The van der Waals surface area contributed by atoms with Crippen LogP contribution in [0, 0.1) is 0 Å². The minimum Gasteiger partial charge on any atom is -0.369 e. The number of para-hydroxylation sites is 1. The summed E-state index contributed by atoms with van der Waals surface area (Å²) in [6.45, 7) is 0. The quantitative estimate of drug-likeness (QED) is 0.879. The molecule has 0 spiro atoms. The summed E-state index contributed by atoms with van der Waals surface area (Å²) in [4.78, 5) is 3.74. The van der Waals surface area contributed by atoms with Crippen LogP contribution in [0.25, 0.3) is 5.69 Å². The smallest absolute Gasteiger partial charge is 0.369 e. The number of halogens is 4. The number of nitrogens with zero attached hydrogens (tertiary/aromatic N) is 2. The van der Waals surface area contributed by atoms with Crippen LogP contribution in [0.1, 0.15) is 5.56 Å². The zero-order chi connectivity index (χ0) is 12.6. The zero-order valence-corrected chi connectivity index (χ0v) is 9.96. The summed E-state index contributed by atoms with van der Waals surface area (Å²) in [5, 5.41) is 0. The number of nitrogen functional groups attached to an aromatic ring is 1. The maximum absolute atomic E-state index is 12.8. The molecule has 0 unspecified atom stereocenters. The number of hydrogen-bond donors (Lipinski definition) is 1. The third kappa shape index (κ3) is 2.14. The largest absolute Gasteiger partial charge is 0.418 e. The molecule has 1 heterocycles. The second kappa shape index (κ2) is 4.06. The lowest BCUT2D eigenvalue weighted by atomic mass is 10.1. The summed E-state index contributed by atoms with van der Waals surface area (Å²) < 4.78 is 40.0. The van der Waals surface area contributed by atoms with E-state index in [1.165, 1.54) is 29.0 Å². The number of imidazole rings is 1. The summed E-state index contributed by atoms with van der Waals surface area (Å²) in [6.07, 6.45) is -3.09. The average Bonchev–Trinajstić information content (AvgIpc) is 2.57. The minimum absolute atomic E-state index is 0.00595. The van der Waals surface area contributed by atoms with Gasteiger partial charge in [-0.05, 0) is 28.1 Å². The van der Waals surface area contributed by atoms with Crippen molar-refractivity contribution < 1.29 is 13.2 Å². The van der Waals surface area contributed by atoms with Crippen molar-refractivity contribution in [1.82, 2.24) is 9.55 Å². The van der Waals surface area contributed by atoms with E-state index in [-0.39, 0.29) is 11.6 Å². The molecule has 0 bridgehead atoms. The molecular formula is C10H7BrF3N3. The molecule has 1 aromatic carbocycles. The number of rotatable bonds is 1. The topological polar surface area (TPSA) is 43.8 Å². The highest BCUT2D eigenvalue weighted by atomic mass is 79.9. The van der Waals surface area contributed by atoms with Crippen molar-refractivity contribution in [2.24, 2.45) is 0 Å². The molecule has 0 aliphatic heterocycles. The normalized spacial score (nSPS) is 11.8. The SMILES string of the molecule is Nc1ncc(Br)n1-c1ccccc1C(F)(F)F. The van der Waals surface area contributed by atoms with E-state index < -0.39 is 11.7 Å². The van der Waals surface area contributed by atoms with Crippen LogP contribution < -0.4 is 5.73 Å². The number of alkyl halides is 3. The predicted molar refractivity (Wildman–Crippen MR) is 60.7 cm³/mol. The number of hydrogen-bond acceptors (Lipinski definition) is 2. The van der Waals surface area contributed by atoms with Gasteiger partial charge in [-0.2, -0.15) is 13.2 Å². The van der Waals surface area contributed by atoms with Gasteiger partial charge in [-0.25, -0.2) is 4.98 Å². The fourth-order valence-corrected chi connectivity index (χ4v) is 1.97. The number of benzene rings is 1. The summed E-state index contributed by atoms with van der Waals surface area (Å²) in [5.41, 5.74) is 4.73. The second-order valence-corrected chi connectivity index (χ2v) is 4.10. The van der Waals surface area contributed by atoms with Crippen LogP contribution >= 0.6 is 15.9 Å². The Kier molecular flexibility index (Phi) is 2.86. The first kappa shape index (κ1) is 12.0. The lowest BCUT2D eigenvalue weighted by molar-refractivity contribution is -0.137. The van der Waals surface area contributed by atoms with E-state index in [1.54, 1.807) is 0 Å².